The van der Waals surface area contributed by atoms with E-state index in [1.807, 2.05) is 11.0 Å². The molecule has 0 saturated carbocycles. The lowest BCUT2D eigenvalue weighted by atomic mass is 10.1. The predicted octanol–water partition coefficient (Wildman–Crippen LogP) is 1.15. The predicted molar refractivity (Wildman–Crippen MR) is 57.8 cm³/mol. The Hall–Kier alpha value is -0.830. The van der Waals surface area contributed by atoms with Crippen LogP contribution in [0.4, 0.5) is 0 Å². The second-order valence-electron chi connectivity index (χ2n) is 3.89. The zero-order valence-electron chi connectivity index (χ0n) is 8.91. The van der Waals surface area contributed by atoms with Crippen LogP contribution >= 0.6 is 0 Å². The summed E-state index contributed by atoms with van der Waals surface area (Å²) in [5, 5.41) is 0. The molecule has 2 N–H and O–H groups in total. The van der Waals surface area contributed by atoms with Gasteiger partial charge in [-0.25, -0.2) is 0 Å². The maximum absolute atomic E-state index is 11.7. The third-order valence-corrected chi connectivity index (χ3v) is 2.93. The quantitative estimate of drug-likeness (QED) is 0.670. The van der Waals surface area contributed by atoms with Crippen LogP contribution in [0.15, 0.2) is 12.7 Å². The van der Waals surface area contributed by atoms with E-state index in [1.54, 1.807) is 0 Å². The number of amides is 1. The van der Waals surface area contributed by atoms with E-state index in [1.165, 1.54) is 0 Å². The number of likely N-dealkylation sites (tertiary alicyclic amines) is 1. The van der Waals surface area contributed by atoms with Gasteiger partial charge in [-0.15, -0.1) is 6.58 Å². The molecular formula is C11H20N2O. The first-order valence-electron chi connectivity index (χ1n) is 5.35. The van der Waals surface area contributed by atoms with Crippen molar-refractivity contribution < 1.29 is 4.79 Å². The molecule has 3 nitrogen and oxygen atoms in total. The van der Waals surface area contributed by atoms with Crippen LogP contribution < -0.4 is 5.73 Å². The molecule has 1 saturated heterocycles. The normalized spacial score (nSPS) is 24.0. The third kappa shape index (κ3) is 2.35. The molecule has 0 bridgehead atoms. The van der Waals surface area contributed by atoms with Crippen molar-refractivity contribution in [1.82, 2.24) is 4.90 Å². The van der Waals surface area contributed by atoms with Gasteiger partial charge in [-0.1, -0.05) is 13.0 Å². The van der Waals surface area contributed by atoms with Crippen LogP contribution in [0.2, 0.25) is 0 Å². The summed E-state index contributed by atoms with van der Waals surface area (Å²) in [6.07, 6.45) is 4.41. The molecule has 1 amide bonds. The summed E-state index contributed by atoms with van der Waals surface area (Å²) in [5.74, 6) is 0.601. The van der Waals surface area contributed by atoms with Crippen LogP contribution in [-0.4, -0.2) is 29.9 Å². The van der Waals surface area contributed by atoms with Crippen molar-refractivity contribution in [3.8, 4) is 0 Å². The number of hydrogen-bond donors (Lipinski definition) is 1. The first-order chi connectivity index (χ1) is 6.72. The largest absolute Gasteiger partial charge is 0.339 e. The van der Waals surface area contributed by atoms with Crippen LogP contribution in [0, 0.1) is 5.92 Å². The summed E-state index contributed by atoms with van der Waals surface area (Å²) in [7, 11) is 0. The molecule has 14 heavy (non-hydrogen) atoms. The van der Waals surface area contributed by atoms with Crippen LogP contribution in [-0.2, 0) is 4.79 Å². The Balaban J connectivity index is 2.58. The van der Waals surface area contributed by atoms with Crippen molar-refractivity contribution in [2.24, 2.45) is 11.7 Å². The van der Waals surface area contributed by atoms with Crippen molar-refractivity contribution in [2.75, 3.05) is 13.1 Å². The standard InChI is InChI=1S/C11H20N2O/c1-3-9-7-11(14)13(8-9)10(4-2)5-6-12/h3,9-10H,1,4-8,12H2,2H3. The Kier molecular flexibility index (Phi) is 4.14. The van der Waals surface area contributed by atoms with Crippen molar-refractivity contribution in [2.45, 2.75) is 32.2 Å². The highest BCUT2D eigenvalue weighted by molar-refractivity contribution is 5.79. The maximum Gasteiger partial charge on any atom is 0.223 e. The van der Waals surface area contributed by atoms with Gasteiger partial charge in [-0.05, 0) is 19.4 Å². The highest BCUT2D eigenvalue weighted by Gasteiger charge is 2.31. The number of nitrogens with two attached hydrogens (primary N) is 1. The lowest BCUT2D eigenvalue weighted by Gasteiger charge is -2.26. The molecule has 2 atom stereocenters. The van der Waals surface area contributed by atoms with E-state index in [4.69, 9.17) is 5.73 Å². The van der Waals surface area contributed by atoms with E-state index in [0.29, 0.717) is 24.9 Å². The van der Waals surface area contributed by atoms with Crippen LogP contribution in [0.1, 0.15) is 26.2 Å². The van der Waals surface area contributed by atoms with Gasteiger partial charge < -0.3 is 10.6 Å². The molecule has 2 unspecified atom stereocenters. The number of carbonyl (C=O) groups is 1. The van der Waals surface area contributed by atoms with Gasteiger partial charge in [0.2, 0.25) is 5.91 Å². The summed E-state index contributed by atoms with van der Waals surface area (Å²) in [6.45, 7) is 7.33. The van der Waals surface area contributed by atoms with E-state index < -0.39 is 0 Å². The summed E-state index contributed by atoms with van der Waals surface area (Å²) in [5.41, 5.74) is 5.53. The lowest BCUT2D eigenvalue weighted by Crippen LogP contribution is -2.37. The first-order valence-corrected chi connectivity index (χ1v) is 5.35. The molecule has 3 heteroatoms. The van der Waals surface area contributed by atoms with Gasteiger partial charge in [-0.2, -0.15) is 0 Å². The Morgan fingerprint density at radius 1 is 1.79 bits per heavy atom. The smallest absolute Gasteiger partial charge is 0.223 e. The highest BCUT2D eigenvalue weighted by atomic mass is 16.2. The fourth-order valence-electron chi connectivity index (χ4n) is 2.04. The van der Waals surface area contributed by atoms with E-state index in [9.17, 15) is 4.79 Å². The zero-order chi connectivity index (χ0) is 10.6. The second kappa shape index (κ2) is 5.15. The summed E-state index contributed by atoms with van der Waals surface area (Å²) < 4.78 is 0. The van der Waals surface area contributed by atoms with Gasteiger partial charge in [0.25, 0.3) is 0 Å². The van der Waals surface area contributed by atoms with Gasteiger partial charge in [0, 0.05) is 24.9 Å². The van der Waals surface area contributed by atoms with Gasteiger partial charge in [0.15, 0.2) is 0 Å². The molecular weight excluding hydrogens is 176 g/mol. The average Bonchev–Trinajstić information content (AvgIpc) is 2.56. The van der Waals surface area contributed by atoms with Crippen molar-refractivity contribution >= 4 is 5.91 Å². The molecule has 0 aromatic rings. The molecule has 0 aromatic carbocycles. The van der Waals surface area contributed by atoms with Crippen molar-refractivity contribution in [3.05, 3.63) is 12.7 Å². The summed E-state index contributed by atoms with van der Waals surface area (Å²) >= 11 is 0. The van der Waals surface area contributed by atoms with Crippen LogP contribution in [0.3, 0.4) is 0 Å². The Labute approximate surface area is 86.0 Å². The highest BCUT2D eigenvalue weighted by Crippen LogP contribution is 2.23. The Bertz CT molecular complexity index is 215. The fraction of sp³-hybridized carbons (Fsp3) is 0.727. The molecule has 1 aliphatic rings. The SMILES string of the molecule is C=CC1CC(=O)N(C(CC)CCN)C1. The average molecular weight is 196 g/mol. The van der Waals surface area contributed by atoms with Crippen molar-refractivity contribution in [1.29, 1.82) is 0 Å². The van der Waals surface area contributed by atoms with Crippen molar-refractivity contribution in [3.63, 3.8) is 0 Å². The minimum absolute atomic E-state index is 0.259. The molecule has 0 aliphatic carbocycles. The van der Waals surface area contributed by atoms with E-state index >= 15 is 0 Å². The van der Waals surface area contributed by atoms with Crippen LogP contribution in [0.25, 0.3) is 0 Å². The van der Waals surface area contributed by atoms with Crippen LogP contribution in [0.5, 0.6) is 0 Å². The second-order valence-corrected chi connectivity index (χ2v) is 3.89. The Morgan fingerprint density at radius 3 is 2.93 bits per heavy atom. The maximum atomic E-state index is 11.7. The number of carbonyl (C=O) groups excluding carboxylic acids is 1. The molecule has 1 fully saturated rings. The molecule has 1 aliphatic heterocycles. The summed E-state index contributed by atoms with van der Waals surface area (Å²) in [6, 6.07) is 0.331. The van der Waals surface area contributed by atoms with Gasteiger partial charge in [0.05, 0.1) is 0 Å². The lowest BCUT2D eigenvalue weighted by molar-refractivity contribution is -0.129. The first kappa shape index (κ1) is 11.2. The van der Waals surface area contributed by atoms with Gasteiger partial charge >= 0.3 is 0 Å². The molecule has 0 radical (unpaired) electrons. The number of nitrogens with zero attached hydrogens (tertiary/aromatic N) is 1. The fourth-order valence-corrected chi connectivity index (χ4v) is 2.04. The monoisotopic (exact) mass is 196 g/mol. The molecule has 0 aromatic heterocycles. The third-order valence-electron chi connectivity index (χ3n) is 2.93. The number of hydrogen-bond acceptors (Lipinski definition) is 2. The molecule has 1 heterocycles. The molecule has 0 spiro atoms. The molecule has 80 valence electrons. The molecule has 1 rings (SSSR count). The van der Waals surface area contributed by atoms with Gasteiger partial charge in [0.1, 0.15) is 0 Å². The minimum atomic E-state index is 0.259. The Morgan fingerprint density at radius 2 is 2.50 bits per heavy atom. The summed E-state index contributed by atoms with van der Waals surface area (Å²) in [4.78, 5) is 13.6. The van der Waals surface area contributed by atoms with E-state index in [-0.39, 0.29) is 5.91 Å². The van der Waals surface area contributed by atoms with E-state index in [0.717, 1.165) is 19.4 Å². The number of rotatable bonds is 5. The minimum Gasteiger partial charge on any atom is -0.339 e. The van der Waals surface area contributed by atoms with E-state index in [2.05, 4.69) is 13.5 Å². The topological polar surface area (TPSA) is 46.3 Å². The van der Waals surface area contributed by atoms with Gasteiger partial charge in [-0.3, -0.25) is 4.79 Å². The zero-order valence-corrected chi connectivity index (χ0v) is 8.91.